The molecule has 0 heterocycles. The minimum absolute atomic E-state index is 0.0127. The van der Waals surface area contributed by atoms with E-state index in [0.717, 1.165) is 6.42 Å². The lowest BCUT2D eigenvalue weighted by atomic mass is 9.74. The number of nitrogens with one attached hydrogen (secondary N) is 2. The molecule has 0 saturated heterocycles. The smallest absolute Gasteiger partial charge is 0.305 e. The monoisotopic (exact) mass is 378 g/mol. The van der Waals surface area contributed by atoms with Crippen molar-refractivity contribution >= 4 is 17.8 Å². The number of hydrogen-bond acceptors (Lipinski definition) is 5. The Bertz CT molecular complexity index is 712. The summed E-state index contributed by atoms with van der Waals surface area (Å²) in [5, 5.41) is 14.6. The Morgan fingerprint density at radius 3 is 2.44 bits per heavy atom. The highest BCUT2D eigenvalue weighted by molar-refractivity contribution is 5.95. The third-order valence-electron chi connectivity index (χ3n) is 4.41. The van der Waals surface area contributed by atoms with Crippen LogP contribution >= 0.6 is 0 Å². The first kappa shape index (κ1) is 20.5. The molecule has 8 heteroatoms. The molecule has 148 valence electrons. The van der Waals surface area contributed by atoms with Gasteiger partial charge in [0.05, 0.1) is 19.1 Å². The van der Waals surface area contributed by atoms with E-state index in [2.05, 4.69) is 10.6 Å². The van der Waals surface area contributed by atoms with Gasteiger partial charge in [0.25, 0.3) is 11.8 Å². The van der Waals surface area contributed by atoms with Crippen LogP contribution in [0.3, 0.4) is 0 Å². The third-order valence-corrected chi connectivity index (χ3v) is 4.41. The Hall–Kier alpha value is -2.77. The Morgan fingerprint density at radius 1 is 1.22 bits per heavy atom. The molecule has 1 saturated carbocycles. The number of rotatable bonds is 9. The molecule has 2 rings (SSSR count). The van der Waals surface area contributed by atoms with Gasteiger partial charge in [0, 0.05) is 11.6 Å². The van der Waals surface area contributed by atoms with E-state index in [1.807, 2.05) is 13.8 Å². The van der Waals surface area contributed by atoms with Crippen LogP contribution in [0.25, 0.3) is 0 Å². The first-order valence-electron chi connectivity index (χ1n) is 8.89. The fraction of sp³-hybridized carbons (Fsp3) is 0.526. The summed E-state index contributed by atoms with van der Waals surface area (Å²) in [7, 11) is 1.44. The molecule has 3 N–H and O–H groups in total. The zero-order valence-electron chi connectivity index (χ0n) is 15.8. The molecule has 1 aromatic carbocycles. The van der Waals surface area contributed by atoms with E-state index in [4.69, 9.17) is 14.6 Å². The molecule has 0 radical (unpaired) electrons. The third kappa shape index (κ3) is 5.60. The zero-order chi connectivity index (χ0) is 20.0. The summed E-state index contributed by atoms with van der Waals surface area (Å²) < 4.78 is 10.7. The van der Waals surface area contributed by atoms with E-state index in [1.165, 1.54) is 13.2 Å². The number of ether oxygens (including phenoxy) is 2. The molecule has 0 unspecified atom stereocenters. The average molecular weight is 378 g/mol. The summed E-state index contributed by atoms with van der Waals surface area (Å²) in [5.74, 6) is -0.887. The van der Waals surface area contributed by atoms with Gasteiger partial charge in [0.15, 0.2) is 18.1 Å². The molecule has 0 aromatic heterocycles. The van der Waals surface area contributed by atoms with E-state index in [1.54, 1.807) is 12.1 Å². The molecule has 0 atom stereocenters. The van der Waals surface area contributed by atoms with Gasteiger partial charge >= 0.3 is 5.97 Å². The second-order valence-corrected chi connectivity index (χ2v) is 7.04. The maximum Gasteiger partial charge on any atom is 0.305 e. The van der Waals surface area contributed by atoms with Crippen LogP contribution in [0.15, 0.2) is 18.2 Å². The number of benzene rings is 1. The summed E-state index contributed by atoms with van der Waals surface area (Å²) in [5.41, 5.74) is -0.345. The number of hydrogen-bond donors (Lipinski definition) is 3. The number of methoxy groups -OCH3 is 1. The summed E-state index contributed by atoms with van der Waals surface area (Å²) in [6, 6.07) is 4.64. The van der Waals surface area contributed by atoms with Crippen molar-refractivity contribution in [3.8, 4) is 11.5 Å². The summed E-state index contributed by atoms with van der Waals surface area (Å²) >= 11 is 0. The van der Waals surface area contributed by atoms with Crippen molar-refractivity contribution in [3.63, 3.8) is 0 Å². The molecule has 0 aliphatic heterocycles. The molecular formula is C19H26N2O6. The Morgan fingerprint density at radius 2 is 1.93 bits per heavy atom. The maximum atomic E-state index is 12.5. The molecule has 27 heavy (non-hydrogen) atoms. The predicted molar refractivity (Wildman–Crippen MR) is 98.1 cm³/mol. The SMILES string of the molecule is COc1cc(C(=O)NC2(CC(=O)O)CCC2)ccc1OCC(=O)NC(C)C. The zero-order valence-corrected chi connectivity index (χ0v) is 15.8. The van der Waals surface area contributed by atoms with Gasteiger partial charge < -0.3 is 25.2 Å². The number of amides is 2. The molecule has 1 aliphatic carbocycles. The van der Waals surface area contributed by atoms with Gasteiger partial charge in [-0.15, -0.1) is 0 Å². The van der Waals surface area contributed by atoms with Crippen molar-refractivity contribution < 1.29 is 29.0 Å². The van der Waals surface area contributed by atoms with E-state index < -0.39 is 11.5 Å². The van der Waals surface area contributed by atoms with E-state index in [0.29, 0.717) is 29.9 Å². The van der Waals surface area contributed by atoms with Crippen molar-refractivity contribution in [2.75, 3.05) is 13.7 Å². The molecular weight excluding hydrogens is 352 g/mol. The van der Waals surface area contributed by atoms with Crippen molar-refractivity contribution in [1.29, 1.82) is 0 Å². The highest BCUT2D eigenvalue weighted by Gasteiger charge is 2.40. The Kier molecular flexibility index (Phi) is 6.65. The molecule has 8 nitrogen and oxygen atoms in total. The van der Waals surface area contributed by atoms with Gasteiger partial charge in [-0.25, -0.2) is 0 Å². The predicted octanol–water partition coefficient (Wildman–Crippen LogP) is 1.73. The Balaban J connectivity index is 2.05. The van der Waals surface area contributed by atoms with Crippen LogP contribution in [0, 0.1) is 0 Å². The van der Waals surface area contributed by atoms with Crippen LogP contribution in [0.4, 0.5) is 0 Å². The number of carboxylic acid groups (broad SMARTS) is 1. The number of carbonyl (C=O) groups excluding carboxylic acids is 2. The summed E-state index contributed by atoms with van der Waals surface area (Å²) in [6.45, 7) is 3.54. The number of aliphatic carboxylic acids is 1. The number of carboxylic acids is 1. The lowest BCUT2D eigenvalue weighted by Crippen LogP contribution is -2.54. The minimum atomic E-state index is -0.934. The fourth-order valence-electron chi connectivity index (χ4n) is 2.99. The molecule has 0 bridgehead atoms. The topological polar surface area (TPSA) is 114 Å². The normalized spacial score (nSPS) is 14.8. The first-order valence-corrected chi connectivity index (χ1v) is 8.89. The summed E-state index contributed by atoms with van der Waals surface area (Å²) in [4.78, 5) is 35.3. The van der Waals surface area contributed by atoms with Gasteiger partial charge in [-0.1, -0.05) is 0 Å². The second kappa shape index (κ2) is 8.75. The maximum absolute atomic E-state index is 12.5. The van der Waals surface area contributed by atoms with Gasteiger partial charge in [-0.05, 0) is 51.3 Å². The molecule has 0 spiro atoms. The second-order valence-electron chi connectivity index (χ2n) is 7.04. The largest absolute Gasteiger partial charge is 0.493 e. The molecule has 1 aliphatic rings. The van der Waals surface area contributed by atoms with Crippen molar-refractivity contribution in [2.24, 2.45) is 0 Å². The molecule has 2 amide bonds. The molecule has 1 fully saturated rings. The Labute approximate surface area is 158 Å². The van der Waals surface area contributed by atoms with Crippen LogP contribution in [0.2, 0.25) is 0 Å². The van der Waals surface area contributed by atoms with Crippen molar-refractivity contribution in [1.82, 2.24) is 10.6 Å². The quantitative estimate of drug-likeness (QED) is 0.603. The van der Waals surface area contributed by atoms with Crippen LogP contribution in [-0.2, 0) is 9.59 Å². The standard InChI is InChI=1S/C19H26N2O6/c1-12(2)20-16(22)11-27-14-6-5-13(9-15(14)26-3)18(25)21-19(7-4-8-19)10-17(23)24/h5-6,9,12H,4,7-8,10-11H2,1-3H3,(H,20,22)(H,21,25)(H,23,24). The van der Waals surface area contributed by atoms with Gasteiger partial charge in [0.1, 0.15) is 0 Å². The lowest BCUT2D eigenvalue weighted by Gasteiger charge is -2.41. The summed E-state index contributed by atoms with van der Waals surface area (Å²) in [6.07, 6.45) is 2.09. The molecule has 1 aromatic rings. The van der Waals surface area contributed by atoms with Crippen LogP contribution < -0.4 is 20.1 Å². The highest BCUT2D eigenvalue weighted by Crippen LogP contribution is 2.35. The van der Waals surface area contributed by atoms with E-state index >= 15 is 0 Å². The van der Waals surface area contributed by atoms with E-state index in [9.17, 15) is 14.4 Å². The van der Waals surface area contributed by atoms with Gasteiger partial charge in [-0.2, -0.15) is 0 Å². The van der Waals surface area contributed by atoms with Crippen molar-refractivity contribution in [3.05, 3.63) is 23.8 Å². The lowest BCUT2D eigenvalue weighted by molar-refractivity contribution is -0.139. The van der Waals surface area contributed by atoms with Crippen LogP contribution in [0.1, 0.15) is 49.9 Å². The minimum Gasteiger partial charge on any atom is -0.493 e. The van der Waals surface area contributed by atoms with Crippen LogP contribution in [-0.4, -0.2) is 48.2 Å². The van der Waals surface area contributed by atoms with Gasteiger partial charge in [0.2, 0.25) is 0 Å². The highest BCUT2D eigenvalue weighted by atomic mass is 16.5. The fourth-order valence-corrected chi connectivity index (χ4v) is 2.99. The first-order chi connectivity index (χ1) is 12.7. The van der Waals surface area contributed by atoms with Crippen molar-refractivity contribution in [2.45, 2.75) is 51.1 Å². The average Bonchev–Trinajstić information content (AvgIpc) is 2.56. The van der Waals surface area contributed by atoms with Gasteiger partial charge in [-0.3, -0.25) is 14.4 Å². The number of carbonyl (C=O) groups is 3. The van der Waals surface area contributed by atoms with Crippen LogP contribution in [0.5, 0.6) is 11.5 Å². The van der Waals surface area contributed by atoms with E-state index in [-0.39, 0.29) is 30.9 Å².